The lowest BCUT2D eigenvalue weighted by Gasteiger charge is -2.27. The third-order valence-corrected chi connectivity index (χ3v) is 6.39. The highest BCUT2D eigenvalue weighted by Crippen LogP contribution is 2.30. The summed E-state index contributed by atoms with van der Waals surface area (Å²) in [5.41, 5.74) is 1.57. The first-order chi connectivity index (χ1) is 19.4. The Hall–Kier alpha value is -4.27. The number of nitrogens with zero attached hydrogens (tertiary/aromatic N) is 1. The molecule has 41 heavy (non-hydrogen) atoms. The van der Waals surface area contributed by atoms with Crippen LogP contribution in [0.5, 0.6) is 11.5 Å². The van der Waals surface area contributed by atoms with E-state index in [2.05, 4.69) is 0 Å². The lowest BCUT2D eigenvalue weighted by Crippen LogP contribution is -2.43. The Morgan fingerprint density at radius 1 is 0.951 bits per heavy atom. The van der Waals surface area contributed by atoms with Crippen LogP contribution in [0.3, 0.4) is 0 Å². The topological polar surface area (TPSA) is 82.1 Å². The number of esters is 1. The number of likely N-dealkylation sites (tertiary alicyclic amines) is 1. The van der Waals surface area contributed by atoms with E-state index in [4.69, 9.17) is 14.2 Å². The molecule has 0 bridgehead atoms. The van der Waals surface area contributed by atoms with Gasteiger partial charge in [-0.3, -0.25) is 9.59 Å². The van der Waals surface area contributed by atoms with Crippen LogP contribution in [0.2, 0.25) is 0 Å². The Balaban J connectivity index is 1.41. The summed E-state index contributed by atoms with van der Waals surface area (Å²) in [7, 11) is 0. The molecule has 7 nitrogen and oxygen atoms in total. The SMILES string of the molecule is CC(=O)COc1cc(-c2ccc(OCc3cccc(C(=O)N4CCC[C@H]4C(=O)OC(C)(C)C)c3)cc2)cc(F)c1F. The Morgan fingerprint density at radius 3 is 2.37 bits per heavy atom. The fraction of sp³-hybridized carbons (Fsp3) is 0.344. The predicted octanol–water partition coefficient (Wildman–Crippen LogP) is 6.12. The first kappa shape index (κ1) is 29.7. The van der Waals surface area contributed by atoms with Crippen molar-refractivity contribution in [3.05, 3.63) is 83.4 Å². The van der Waals surface area contributed by atoms with Gasteiger partial charge in [-0.15, -0.1) is 0 Å². The molecular formula is C32H33F2NO6. The Kier molecular flexibility index (Phi) is 9.05. The van der Waals surface area contributed by atoms with Crippen molar-refractivity contribution in [2.24, 2.45) is 0 Å². The molecule has 1 aliphatic heterocycles. The average Bonchev–Trinajstić information content (AvgIpc) is 3.42. The van der Waals surface area contributed by atoms with Crippen molar-refractivity contribution in [2.75, 3.05) is 13.2 Å². The highest BCUT2D eigenvalue weighted by molar-refractivity contribution is 5.97. The summed E-state index contributed by atoms with van der Waals surface area (Å²) in [6.45, 7) is 7.00. The summed E-state index contributed by atoms with van der Waals surface area (Å²) in [6, 6.07) is 15.6. The molecule has 0 saturated carbocycles. The van der Waals surface area contributed by atoms with Gasteiger partial charge in [0.2, 0.25) is 5.82 Å². The monoisotopic (exact) mass is 565 g/mol. The third kappa shape index (κ3) is 7.68. The van der Waals surface area contributed by atoms with Crippen molar-refractivity contribution in [3.8, 4) is 22.6 Å². The van der Waals surface area contributed by atoms with Crippen LogP contribution in [0.1, 0.15) is 56.5 Å². The van der Waals surface area contributed by atoms with Gasteiger partial charge in [0.15, 0.2) is 17.3 Å². The third-order valence-electron chi connectivity index (χ3n) is 6.39. The van der Waals surface area contributed by atoms with Gasteiger partial charge in [0, 0.05) is 12.1 Å². The van der Waals surface area contributed by atoms with Crippen molar-refractivity contribution in [1.29, 1.82) is 0 Å². The smallest absolute Gasteiger partial charge is 0.329 e. The van der Waals surface area contributed by atoms with E-state index in [0.717, 1.165) is 18.1 Å². The zero-order valence-corrected chi connectivity index (χ0v) is 23.5. The molecule has 1 fully saturated rings. The van der Waals surface area contributed by atoms with Crippen LogP contribution in [-0.4, -0.2) is 47.4 Å². The molecule has 3 aromatic rings. The first-order valence-corrected chi connectivity index (χ1v) is 13.4. The van der Waals surface area contributed by atoms with Crippen LogP contribution in [0, 0.1) is 11.6 Å². The average molecular weight is 566 g/mol. The second-order valence-corrected chi connectivity index (χ2v) is 11.0. The van der Waals surface area contributed by atoms with Crippen LogP contribution in [0.25, 0.3) is 11.1 Å². The molecule has 0 aromatic heterocycles. The minimum Gasteiger partial charge on any atom is -0.489 e. The van der Waals surface area contributed by atoms with Crippen LogP contribution < -0.4 is 9.47 Å². The van der Waals surface area contributed by atoms with E-state index >= 15 is 0 Å². The molecule has 0 aliphatic carbocycles. The Morgan fingerprint density at radius 2 is 1.68 bits per heavy atom. The molecule has 1 heterocycles. The number of rotatable bonds is 9. The van der Waals surface area contributed by atoms with E-state index in [-0.39, 0.29) is 30.7 Å². The van der Waals surface area contributed by atoms with Crippen molar-refractivity contribution in [1.82, 2.24) is 4.90 Å². The van der Waals surface area contributed by atoms with Crippen LogP contribution in [-0.2, 0) is 20.9 Å². The second-order valence-electron chi connectivity index (χ2n) is 11.0. The molecule has 4 rings (SSSR count). The van der Waals surface area contributed by atoms with E-state index in [1.807, 2.05) is 6.07 Å². The molecule has 0 N–H and O–H groups in total. The van der Waals surface area contributed by atoms with Gasteiger partial charge in [0.1, 0.15) is 30.6 Å². The summed E-state index contributed by atoms with van der Waals surface area (Å²) < 4.78 is 44.7. The van der Waals surface area contributed by atoms with Gasteiger partial charge in [-0.25, -0.2) is 9.18 Å². The molecule has 9 heteroatoms. The van der Waals surface area contributed by atoms with Gasteiger partial charge in [-0.1, -0.05) is 24.3 Å². The molecule has 0 unspecified atom stereocenters. The van der Waals surface area contributed by atoms with Gasteiger partial charge in [0.25, 0.3) is 5.91 Å². The normalized spacial score (nSPS) is 15.0. The largest absolute Gasteiger partial charge is 0.489 e. The summed E-state index contributed by atoms with van der Waals surface area (Å²) in [4.78, 5) is 38.7. The zero-order chi connectivity index (χ0) is 29.7. The standard InChI is InChI=1S/C32H33F2NO6/c1-20(36)18-40-28-17-24(16-26(33)29(28)34)22-10-12-25(13-11-22)39-19-21-7-5-8-23(15-21)30(37)35-14-6-9-27(35)31(38)41-32(2,3)4/h5,7-8,10-13,15-17,27H,6,9,14,18-19H2,1-4H3/t27-/m0/s1. The fourth-order valence-electron chi connectivity index (χ4n) is 4.51. The van der Waals surface area contributed by atoms with E-state index in [9.17, 15) is 23.2 Å². The van der Waals surface area contributed by atoms with Gasteiger partial charge in [-0.05, 0) is 93.6 Å². The van der Waals surface area contributed by atoms with Crippen molar-refractivity contribution in [3.63, 3.8) is 0 Å². The van der Waals surface area contributed by atoms with Crippen LogP contribution >= 0.6 is 0 Å². The number of hydrogen-bond acceptors (Lipinski definition) is 6. The van der Waals surface area contributed by atoms with Crippen molar-refractivity contribution in [2.45, 2.75) is 58.8 Å². The lowest BCUT2D eigenvalue weighted by molar-refractivity contribution is -0.159. The van der Waals surface area contributed by atoms with E-state index in [0.29, 0.717) is 35.4 Å². The Labute approximate surface area is 238 Å². The number of Topliss-reactive ketones (excluding diaryl/α,β-unsaturated/α-hetero) is 1. The first-order valence-electron chi connectivity index (χ1n) is 13.4. The molecule has 3 aromatic carbocycles. The molecule has 1 aliphatic rings. The molecule has 0 spiro atoms. The highest BCUT2D eigenvalue weighted by atomic mass is 19.2. The molecule has 1 atom stereocenters. The van der Waals surface area contributed by atoms with Gasteiger partial charge in [-0.2, -0.15) is 4.39 Å². The quantitative estimate of drug-likeness (QED) is 0.291. The maximum Gasteiger partial charge on any atom is 0.329 e. The molecule has 1 amide bonds. The second kappa shape index (κ2) is 12.5. The van der Waals surface area contributed by atoms with Gasteiger partial charge < -0.3 is 19.1 Å². The fourth-order valence-corrected chi connectivity index (χ4v) is 4.51. The van der Waals surface area contributed by atoms with E-state index < -0.39 is 29.2 Å². The van der Waals surface area contributed by atoms with Crippen molar-refractivity contribution >= 4 is 17.7 Å². The maximum absolute atomic E-state index is 14.1. The van der Waals surface area contributed by atoms with E-state index in [1.54, 1.807) is 68.1 Å². The van der Waals surface area contributed by atoms with Crippen LogP contribution in [0.15, 0.2) is 60.7 Å². The predicted molar refractivity (Wildman–Crippen MR) is 149 cm³/mol. The number of carbonyl (C=O) groups is 3. The summed E-state index contributed by atoms with van der Waals surface area (Å²) in [6.07, 6.45) is 1.29. The number of benzene rings is 3. The number of ketones is 1. The number of hydrogen-bond donors (Lipinski definition) is 0. The number of halogens is 2. The summed E-state index contributed by atoms with van der Waals surface area (Å²) in [5.74, 6) is -2.98. The molecule has 0 radical (unpaired) electrons. The molecular weight excluding hydrogens is 532 g/mol. The summed E-state index contributed by atoms with van der Waals surface area (Å²) >= 11 is 0. The maximum atomic E-state index is 14.1. The molecule has 216 valence electrons. The minimum absolute atomic E-state index is 0.185. The minimum atomic E-state index is -1.15. The van der Waals surface area contributed by atoms with Crippen LogP contribution in [0.4, 0.5) is 8.78 Å². The Bertz CT molecular complexity index is 1430. The summed E-state index contributed by atoms with van der Waals surface area (Å²) in [5, 5.41) is 0. The molecule has 1 saturated heterocycles. The van der Waals surface area contributed by atoms with Crippen molar-refractivity contribution < 1.29 is 37.4 Å². The number of amides is 1. The number of carbonyl (C=O) groups excluding carboxylic acids is 3. The number of ether oxygens (including phenoxy) is 3. The zero-order valence-electron chi connectivity index (χ0n) is 23.5. The van der Waals surface area contributed by atoms with Gasteiger partial charge in [0.05, 0.1) is 0 Å². The highest BCUT2D eigenvalue weighted by Gasteiger charge is 2.37. The van der Waals surface area contributed by atoms with Gasteiger partial charge >= 0.3 is 5.97 Å². The lowest BCUT2D eigenvalue weighted by atomic mass is 10.0. The van der Waals surface area contributed by atoms with E-state index in [1.165, 1.54) is 13.0 Å².